The molecule has 4 atom stereocenters. The van der Waals surface area contributed by atoms with Crippen LogP contribution in [0.15, 0.2) is 52.6 Å². The van der Waals surface area contributed by atoms with Crippen molar-refractivity contribution in [1.82, 2.24) is 19.6 Å². The molecule has 4 unspecified atom stereocenters. The van der Waals surface area contributed by atoms with E-state index in [0.717, 1.165) is 0 Å². The molecule has 0 amide bonds. The van der Waals surface area contributed by atoms with Crippen LogP contribution in [0.1, 0.15) is 26.7 Å². The molecule has 0 fully saturated rings. The molecule has 0 aliphatic heterocycles. The number of aliphatic carboxylic acids is 4. The van der Waals surface area contributed by atoms with Crippen molar-refractivity contribution in [2.45, 2.75) is 51.4 Å². The van der Waals surface area contributed by atoms with E-state index in [1.165, 1.54) is 0 Å². The Morgan fingerprint density at radius 3 is 0.960 bits per heavy atom. The number of hydrogen-bond donors (Lipinski definition) is 4. The smallest absolute Gasteiger partial charge is 0.329 e. The lowest BCUT2D eigenvalue weighted by Gasteiger charge is -2.36. The zero-order chi connectivity index (χ0) is 76.8. The molecule has 100 heavy (non-hydrogen) atoms. The SMILES string of the molecule is C=C.C=C.C=C.C=C.C=O.C=O.CC(OCC(OC(C)N(CCOOCOC=O)CCOOCOC=O)C(COCCN(CCCOCC(=O)O)CCOCCOCC(=O)O)OCCN(CCCOCC(=O)O)CCOCCOCC(=O)O)N(CCOOCOC=O)CCOOCOC=O. The Morgan fingerprint density at radius 2 is 0.630 bits per heavy atom. The molecule has 0 aromatic heterocycles. The number of nitrogens with zero attached hydrogens (tertiary/aromatic N) is 4. The van der Waals surface area contributed by atoms with E-state index in [4.69, 9.17) is 116 Å². The third kappa shape index (κ3) is 81.9. The zero-order valence-corrected chi connectivity index (χ0v) is 57.8. The molecule has 0 bridgehead atoms. The van der Waals surface area contributed by atoms with Crippen molar-refractivity contribution < 1.29 is 174 Å². The monoisotopic (exact) mass is 1460 g/mol. The highest BCUT2D eigenvalue weighted by molar-refractivity contribution is 5.68. The second kappa shape index (κ2) is 92.2. The lowest BCUT2D eigenvalue weighted by Crippen LogP contribution is -2.49. The summed E-state index contributed by atoms with van der Waals surface area (Å²) in [6, 6.07) is 0. The maximum Gasteiger partial charge on any atom is 0.329 e. The van der Waals surface area contributed by atoms with E-state index < -0.39 is 102 Å². The predicted octanol–water partition coefficient (Wildman–Crippen LogP) is 0.0620. The van der Waals surface area contributed by atoms with E-state index in [9.17, 15) is 38.4 Å². The minimum absolute atomic E-state index is 0.0275. The number of rotatable bonds is 73. The summed E-state index contributed by atoms with van der Waals surface area (Å²) in [5.74, 6) is -4.50. The van der Waals surface area contributed by atoms with E-state index in [1.807, 2.05) is 23.4 Å². The van der Waals surface area contributed by atoms with Crippen LogP contribution in [-0.4, -0.2) is 353 Å². The topological polar surface area (TPSA) is 468 Å². The van der Waals surface area contributed by atoms with Crippen LogP contribution in [0.4, 0.5) is 0 Å². The fraction of sp³-hybridized carbons (Fsp3) is 0.700. The van der Waals surface area contributed by atoms with E-state index in [0.29, 0.717) is 45.6 Å². The first kappa shape index (κ1) is 107. The molecule has 0 aromatic rings. The van der Waals surface area contributed by atoms with Gasteiger partial charge in [0.1, 0.15) is 64.7 Å². The number of carboxylic acid groups (broad SMARTS) is 4. The first-order chi connectivity index (χ1) is 48.8. The van der Waals surface area contributed by atoms with Gasteiger partial charge in [-0.2, -0.15) is 19.6 Å². The van der Waals surface area contributed by atoms with Gasteiger partial charge in [0.05, 0.1) is 92.5 Å². The summed E-state index contributed by atoms with van der Waals surface area (Å²) in [5.41, 5.74) is 0. The molecule has 586 valence electrons. The number of ether oxygens (including phenoxy) is 14. The molecule has 40 nitrogen and oxygen atoms in total. The summed E-state index contributed by atoms with van der Waals surface area (Å²) < 4.78 is 76.6. The molecule has 0 rings (SSSR count). The summed E-state index contributed by atoms with van der Waals surface area (Å²) in [4.78, 5) is 150. The maximum atomic E-state index is 11.1. The van der Waals surface area contributed by atoms with Gasteiger partial charge in [-0.1, -0.05) is 0 Å². The zero-order valence-electron chi connectivity index (χ0n) is 57.8. The first-order valence-corrected chi connectivity index (χ1v) is 30.3. The molecule has 0 spiro atoms. The van der Waals surface area contributed by atoms with Gasteiger partial charge < -0.3 is 96.3 Å². The Labute approximate surface area is 584 Å². The van der Waals surface area contributed by atoms with Gasteiger partial charge >= 0.3 is 23.9 Å². The van der Waals surface area contributed by atoms with Crippen molar-refractivity contribution in [2.75, 3.05) is 225 Å². The molecule has 40 heteroatoms. The largest absolute Gasteiger partial charge is 0.480 e. The van der Waals surface area contributed by atoms with Crippen LogP contribution < -0.4 is 0 Å². The van der Waals surface area contributed by atoms with Crippen molar-refractivity contribution in [3.8, 4) is 0 Å². The normalized spacial score (nSPS) is 11.6. The second-order valence-corrected chi connectivity index (χ2v) is 17.4. The number of carbonyl (C=O) groups excluding carboxylic acids is 6. The second-order valence-electron chi connectivity index (χ2n) is 17.4. The summed E-state index contributed by atoms with van der Waals surface area (Å²) in [5, 5.41) is 35.9. The summed E-state index contributed by atoms with van der Waals surface area (Å²) in [7, 11) is 0. The number of carboxylic acids is 4. The summed E-state index contributed by atoms with van der Waals surface area (Å²) in [6.07, 6.45) is -2.72. The minimum atomic E-state index is -1.13. The van der Waals surface area contributed by atoms with Crippen LogP contribution in [0.5, 0.6) is 0 Å². The van der Waals surface area contributed by atoms with Crippen LogP contribution in [0, 0.1) is 0 Å². The van der Waals surface area contributed by atoms with Gasteiger partial charge in [-0.05, 0) is 26.7 Å². The molecular weight excluding hydrogens is 1350 g/mol. The van der Waals surface area contributed by atoms with Crippen molar-refractivity contribution >= 4 is 63.3 Å². The third-order valence-electron chi connectivity index (χ3n) is 11.1. The Bertz CT molecular complexity index is 1760. The highest BCUT2D eigenvalue weighted by Gasteiger charge is 2.30. The highest BCUT2D eigenvalue weighted by atomic mass is 17.2. The van der Waals surface area contributed by atoms with Crippen LogP contribution >= 0.6 is 0 Å². The molecule has 0 saturated heterocycles. The van der Waals surface area contributed by atoms with Crippen molar-refractivity contribution in [3.63, 3.8) is 0 Å². The summed E-state index contributed by atoms with van der Waals surface area (Å²) in [6.45, 7) is 31.3. The molecule has 0 heterocycles. The first-order valence-electron chi connectivity index (χ1n) is 30.3. The van der Waals surface area contributed by atoms with Crippen molar-refractivity contribution in [2.24, 2.45) is 0 Å². The Hall–Kier alpha value is -6.82. The molecule has 0 aliphatic carbocycles. The van der Waals surface area contributed by atoms with Crippen LogP contribution in [0.25, 0.3) is 0 Å². The summed E-state index contributed by atoms with van der Waals surface area (Å²) >= 11 is 0. The quantitative estimate of drug-likeness (QED) is 0.0119. The molecule has 0 radical (unpaired) electrons. The lowest BCUT2D eigenvalue weighted by atomic mass is 10.2. The maximum absolute atomic E-state index is 11.1. The van der Waals surface area contributed by atoms with E-state index in [1.54, 1.807) is 23.6 Å². The standard InChI is InChI=1S/C50H90N4O34.4C2H4.2CH2O/c1-43(53(11-21-80-84-39-74-35-55)12-22-81-85-40-75-36-56)79-30-46(88-44(2)54(13-23-82-86-41-76-37-57)14-24-83-87-42-77-38-58)45(78-20-10-52(6-4-16-70-32-48(61)62)8-18-68-26-28-73-34-50(65)66)29-71-19-9-51(5-3-15-69-31-47(59)60)7-17-67-25-27-72-33-49(63)64;6*1-2/h35-38,43-46H,3-34,39-42H2,1-2H3,(H,59,60)(H,61,62)(H,63,64)(H,65,66);4*1-2H2;2*1H2. The molecule has 4 N–H and O–H groups in total. The average molecular weight is 1460 g/mol. The van der Waals surface area contributed by atoms with Gasteiger partial charge in [-0.3, -0.25) is 38.8 Å². The van der Waals surface area contributed by atoms with Crippen molar-refractivity contribution in [3.05, 3.63) is 52.6 Å². The Balaban J connectivity index is -0.00000136. The average Bonchev–Trinajstić information content (AvgIpc) is 0.879. The highest BCUT2D eigenvalue weighted by Crippen LogP contribution is 2.16. The molecular formula is C60H110N4O36. The lowest BCUT2D eigenvalue weighted by molar-refractivity contribution is -0.337. The van der Waals surface area contributed by atoms with E-state index >= 15 is 0 Å². The van der Waals surface area contributed by atoms with Gasteiger partial charge in [-0.25, -0.2) is 38.7 Å². The predicted molar refractivity (Wildman–Crippen MR) is 346 cm³/mol. The van der Waals surface area contributed by atoms with Gasteiger partial charge in [0.25, 0.3) is 25.9 Å². The number of carbonyl (C=O) groups is 10. The van der Waals surface area contributed by atoms with Crippen LogP contribution in [0.3, 0.4) is 0 Å². The number of hydrogen-bond acceptors (Lipinski definition) is 36. The van der Waals surface area contributed by atoms with Crippen LogP contribution in [0.2, 0.25) is 0 Å². The fourth-order valence-electron chi connectivity index (χ4n) is 6.98. The minimum Gasteiger partial charge on any atom is -0.480 e. The third-order valence-corrected chi connectivity index (χ3v) is 11.1. The Morgan fingerprint density at radius 1 is 0.330 bits per heavy atom. The van der Waals surface area contributed by atoms with E-state index in [2.05, 4.69) is 71.6 Å². The molecule has 0 saturated carbocycles. The van der Waals surface area contributed by atoms with Gasteiger partial charge in [0.15, 0.2) is 0 Å². The molecule has 0 aromatic carbocycles. The molecule has 0 aliphatic rings. The fourth-order valence-corrected chi connectivity index (χ4v) is 6.98. The van der Waals surface area contributed by atoms with E-state index in [-0.39, 0.29) is 164 Å². The van der Waals surface area contributed by atoms with Crippen LogP contribution in [-0.2, 0) is 153 Å². The van der Waals surface area contributed by atoms with Crippen molar-refractivity contribution in [1.29, 1.82) is 0 Å². The van der Waals surface area contributed by atoms with Gasteiger partial charge in [-0.15, -0.1) is 52.6 Å². The van der Waals surface area contributed by atoms with Gasteiger partial charge in [0, 0.05) is 78.7 Å². The van der Waals surface area contributed by atoms with Gasteiger partial charge in [0.2, 0.25) is 27.2 Å². The Kier molecular flexibility index (Phi) is 98.3.